The zero-order chi connectivity index (χ0) is 16.5. The van der Waals surface area contributed by atoms with Gasteiger partial charge in [0.25, 0.3) is 0 Å². The number of fused-ring (bicyclic) bond motifs is 1. The van der Waals surface area contributed by atoms with Crippen molar-refractivity contribution in [3.05, 3.63) is 34.4 Å². The van der Waals surface area contributed by atoms with Gasteiger partial charge in [0.15, 0.2) is 0 Å². The summed E-state index contributed by atoms with van der Waals surface area (Å²) in [5.41, 5.74) is 1.20. The Bertz CT molecular complexity index is 727. The molecule has 0 bridgehead atoms. The van der Waals surface area contributed by atoms with Crippen LogP contribution < -0.4 is 5.32 Å². The number of amides is 1. The Morgan fingerprint density at radius 2 is 2.05 bits per heavy atom. The van der Waals surface area contributed by atoms with Crippen molar-refractivity contribution in [1.82, 2.24) is 10.3 Å². The number of nitrogens with one attached hydrogen (secondary N) is 2. The minimum absolute atomic E-state index is 0.270. The van der Waals surface area contributed by atoms with Crippen molar-refractivity contribution in [2.24, 2.45) is 0 Å². The van der Waals surface area contributed by atoms with E-state index in [1.165, 1.54) is 11.5 Å². The highest BCUT2D eigenvalue weighted by molar-refractivity contribution is 9.10. The molecule has 0 aliphatic heterocycles. The molecule has 0 saturated carbocycles. The molecule has 1 unspecified atom stereocenters. The lowest BCUT2D eigenvalue weighted by molar-refractivity contribution is -0.175. The van der Waals surface area contributed by atoms with Crippen LogP contribution in [0.25, 0.3) is 10.9 Å². The maximum Gasteiger partial charge on any atom is 0.471 e. The van der Waals surface area contributed by atoms with E-state index in [0.29, 0.717) is 16.5 Å². The molecule has 0 radical (unpaired) electrons. The number of aliphatic carboxylic acids is 1. The molecule has 9 heteroatoms. The van der Waals surface area contributed by atoms with Gasteiger partial charge < -0.3 is 15.4 Å². The van der Waals surface area contributed by atoms with Gasteiger partial charge in [-0.15, -0.1) is 0 Å². The Morgan fingerprint density at radius 3 is 2.64 bits per heavy atom. The van der Waals surface area contributed by atoms with Crippen LogP contribution in [0.3, 0.4) is 0 Å². The first kappa shape index (κ1) is 16.3. The number of benzene rings is 1. The highest BCUT2D eigenvalue weighted by atomic mass is 79.9. The number of carboxylic acid groups (broad SMARTS) is 1. The van der Waals surface area contributed by atoms with Crippen LogP contribution in [0.2, 0.25) is 0 Å². The molecule has 22 heavy (non-hydrogen) atoms. The zero-order valence-corrected chi connectivity index (χ0v) is 12.5. The number of carboxylic acids is 1. The van der Waals surface area contributed by atoms with Crippen molar-refractivity contribution in [3.8, 4) is 0 Å². The van der Waals surface area contributed by atoms with Gasteiger partial charge in [0, 0.05) is 28.0 Å². The molecule has 1 amide bonds. The summed E-state index contributed by atoms with van der Waals surface area (Å²) in [4.78, 5) is 24.9. The number of carbonyl (C=O) groups excluding carboxylic acids is 1. The SMILES string of the molecule is O=C(O)C(Cc1c[nH]c2ccc(Br)cc12)NC(=O)C(F)(F)F. The molecule has 0 spiro atoms. The Hall–Kier alpha value is -2.03. The maximum atomic E-state index is 12.2. The maximum absolute atomic E-state index is 12.2. The minimum atomic E-state index is -5.13. The van der Waals surface area contributed by atoms with E-state index in [1.54, 1.807) is 18.2 Å². The van der Waals surface area contributed by atoms with Crippen molar-refractivity contribution >= 4 is 38.7 Å². The number of alkyl halides is 3. The number of halogens is 4. The molecule has 2 aromatic rings. The summed E-state index contributed by atoms with van der Waals surface area (Å²) in [6.45, 7) is 0. The lowest BCUT2D eigenvalue weighted by Crippen LogP contribution is -2.47. The zero-order valence-electron chi connectivity index (χ0n) is 10.9. The van der Waals surface area contributed by atoms with Crippen molar-refractivity contribution in [3.63, 3.8) is 0 Å². The fourth-order valence-electron chi connectivity index (χ4n) is 1.98. The van der Waals surface area contributed by atoms with E-state index in [1.807, 2.05) is 0 Å². The molecule has 0 saturated heterocycles. The molecule has 1 aromatic carbocycles. The number of aromatic amines is 1. The van der Waals surface area contributed by atoms with Gasteiger partial charge in [0.2, 0.25) is 0 Å². The average molecular weight is 379 g/mol. The Labute approximate surface area is 130 Å². The van der Waals surface area contributed by atoms with Gasteiger partial charge in [-0.2, -0.15) is 13.2 Å². The van der Waals surface area contributed by atoms with Gasteiger partial charge in [0.1, 0.15) is 6.04 Å². The van der Waals surface area contributed by atoms with E-state index in [4.69, 9.17) is 5.11 Å². The van der Waals surface area contributed by atoms with Gasteiger partial charge in [-0.3, -0.25) is 4.79 Å². The first-order chi connectivity index (χ1) is 10.2. The van der Waals surface area contributed by atoms with Gasteiger partial charge in [0.05, 0.1) is 0 Å². The normalized spacial score (nSPS) is 13.1. The number of hydrogen-bond donors (Lipinski definition) is 3. The second-order valence-electron chi connectivity index (χ2n) is 4.57. The highest BCUT2D eigenvalue weighted by Crippen LogP contribution is 2.24. The highest BCUT2D eigenvalue weighted by Gasteiger charge is 2.40. The van der Waals surface area contributed by atoms with Crippen LogP contribution in [0, 0.1) is 0 Å². The van der Waals surface area contributed by atoms with Crippen molar-refractivity contribution < 1.29 is 27.9 Å². The Kier molecular flexibility index (Phi) is 4.45. The third kappa shape index (κ3) is 3.59. The summed E-state index contributed by atoms with van der Waals surface area (Å²) in [6.07, 6.45) is -3.89. The fraction of sp³-hybridized carbons (Fsp3) is 0.231. The van der Waals surface area contributed by atoms with E-state index in [-0.39, 0.29) is 6.42 Å². The van der Waals surface area contributed by atoms with Crippen LogP contribution >= 0.6 is 15.9 Å². The predicted molar refractivity (Wildman–Crippen MR) is 75.3 cm³/mol. The van der Waals surface area contributed by atoms with Crippen LogP contribution in [0.4, 0.5) is 13.2 Å². The Balaban J connectivity index is 2.25. The molecule has 0 fully saturated rings. The van der Waals surface area contributed by atoms with E-state index < -0.39 is 24.1 Å². The van der Waals surface area contributed by atoms with Crippen LogP contribution in [-0.4, -0.2) is 34.2 Å². The molecule has 3 N–H and O–H groups in total. The van der Waals surface area contributed by atoms with Crippen molar-refractivity contribution in [2.45, 2.75) is 18.6 Å². The number of rotatable bonds is 4. The van der Waals surface area contributed by atoms with Crippen LogP contribution in [0.15, 0.2) is 28.9 Å². The molecule has 2 rings (SSSR count). The van der Waals surface area contributed by atoms with E-state index in [0.717, 1.165) is 4.47 Å². The molecule has 1 atom stereocenters. The number of hydrogen-bond acceptors (Lipinski definition) is 2. The van der Waals surface area contributed by atoms with Crippen LogP contribution in [0.1, 0.15) is 5.56 Å². The first-order valence-corrected chi connectivity index (χ1v) is 6.84. The number of aromatic nitrogens is 1. The molecule has 5 nitrogen and oxygen atoms in total. The predicted octanol–water partition coefficient (Wildman–Crippen LogP) is 2.60. The Morgan fingerprint density at radius 1 is 1.36 bits per heavy atom. The van der Waals surface area contributed by atoms with Gasteiger partial charge in [-0.05, 0) is 23.8 Å². The van der Waals surface area contributed by atoms with E-state index >= 15 is 0 Å². The molecule has 1 aromatic heterocycles. The van der Waals surface area contributed by atoms with Gasteiger partial charge >= 0.3 is 18.1 Å². The topological polar surface area (TPSA) is 82.2 Å². The van der Waals surface area contributed by atoms with Crippen LogP contribution in [-0.2, 0) is 16.0 Å². The summed E-state index contributed by atoms with van der Waals surface area (Å²) < 4.78 is 37.5. The third-order valence-corrected chi connectivity index (χ3v) is 3.51. The summed E-state index contributed by atoms with van der Waals surface area (Å²) in [5.74, 6) is -3.82. The smallest absolute Gasteiger partial charge is 0.471 e. The number of carbonyl (C=O) groups is 2. The van der Waals surface area contributed by atoms with E-state index in [9.17, 15) is 22.8 Å². The fourth-order valence-corrected chi connectivity index (χ4v) is 2.34. The molecule has 0 aliphatic carbocycles. The monoisotopic (exact) mass is 378 g/mol. The van der Waals surface area contributed by atoms with Gasteiger partial charge in [-0.1, -0.05) is 15.9 Å². The first-order valence-electron chi connectivity index (χ1n) is 6.04. The lowest BCUT2D eigenvalue weighted by Gasteiger charge is -2.15. The standard InChI is InChI=1S/C13H10BrF3N2O3/c14-7-1-2-9-8(4-7)6(5-18-9)3-10(11(20)21)19-12(22)13(15,16)17/h1-2,4-5,10,18H,3H2,(H,19,22)(H,20,21). The molecular formula is C13H10BrF3N2O3. The summed E-state index contributed by atoms with van der Waals surface area (Å²) in [6, 6.07) is 3.55. The third-order valence-electron chi connectivity index (χ3n) is 3.01. The molecule has 1 heterocycles. The molecular weight excluding hydrogens is 369 g/mol. The molecule has 118 valence electrons. The van der Waals surface area contributed by atoms with Crippen molar-refractivity contribution in [1.29, 1.82) is 0 Å². The minimum Gasteiger partial charge on any atom is -0.480 e. The van der Waals surface area contributed by atoms with E-state index in [2.05, 4.69) is 20.9 Å². The summed E-state index contributed by atoms with van der Waals surface area (Å²) in [5, 5.41) is 11.2. The van der Waals surface area contributed by atoms with Crippen LogP contribution in [0.5, 0.6) is 0 Å². The lowest BCUT2D eigenvalue weighted by atomic mass is 10.0. The number of H-pyrrole nitrogens is 1. The second-order valence-corrected chi connectivity index (χ2v) is 5.49. The average Bonchev–Trinajstić information content (AvgIpc) is 2.79. The summed E-state index contributed by atoms with van der Waals surface area (Å²) in [7, 11) is 0. The summed E-state index contributed by atoms with van der Waals surface area (Å²) >= 11 is 3.26. The van der Waals surface area contributed by atoms with Gasteiger partial charge in [-0.25, -0.2) is 4.79 Å². The quantitative estimate of drug-likeness (QED) is 0.764. The second kappa shape index (κ2) is 5.99. The largest absolute Gasteiger partial charge is 0.480 e. The van der Waals surface area contributed by atoms with Crippen molar-refractivity contribution in [2.75, 3.05) is 0 Å². The molecule has 0 aliphatic rings.